The van der Waals surface area contributed by atoms with E-state index in [4.69, 9.17) is 5.73 Å². The molecule has 0 aliphatic heterocycles. The van der Waals surface area contributed by atoms with Crippen LogP contribution in [0.15, 0.2) is 11.1 Å². The van der Waals surface area contributed by atoms with Crippen LogP contribution in [-0.4, -0.2) is 29.6 Å². The number of aromatic amines is 1. The van der Waals surface area contributed by atoms with Gasteiger partial charge in [-0.05, 0) is 6.54 Å². The van der Waals surface area contributed by atoms with Gasteiger partial charge in [0.2, 0.25) is 0 Å². The second-order valence-corrected chi connectivity index (χ2v) is 2.77. The molecule has 0 aliphatic carbocycles. The molecule has 78 valence electrons. The average Bonchev–Trinajstić information content (AvgIpc) is 2.19. The summed E-state index contributed by atoms with van der Waals surface area (Å²) >= 11 is 0. The summed E-state index contributed by atoms with van der Waals surface area (Å²) in [5.41, 5.74) is 5.32. The summed E-state index contributed by atoms with van der Waals surface area (Å²) in [6, 6.07) is 0. The molecule has 5 N–H and O–H groups in total. The van der Waals surface area contributed by atoms with Crippen molar-refractivity contribution in [3.05, 3.63) is 16.7 Å². The fourth-order valence-corrected chi connectivity index (χ4v) is 0.997. The Morgan fingerprint density at radius 2 is 2.36 bits per heavy atom. The lowest BCUT2D eigenvalue weighted by molar-refractivity contribution is 0.737. The quantitative estimate of drug-likeness (QED) is 0.471. The Morgan fingerprint density at radius 1 is 1.57 bits per heavy atom. The zero-order valence-corrected chi connectivity index (χ0v) is 8.13. The van der Waals surface area contributed by atoms with E-state index in [1.165, 1.54) is 6.33 Å². The van der Waals surface area contributed by atoms with E-state index in [0.29, 0.717) is 12.4 Å². The molecule has 0 spiro atoms. The topological polar surface area (TPSA) is 95.8 Å². The van der Waals surface area contributed by atoms with Gasteiger partial charge in [-0.15, -0.1) is 0 Å². The summed E-state index contributed by atoms with van der Waals surface area (Å²) in [5.74, 6) is 0.437. The molecule has 0 saturated heterocycles. The molecule has 0 bridgehead atoms. The highest BCUT2D eigenvalue weighted by Gasteiger charge is 2.01. The molecule has 0 unspecified atom stereocenters. The van der Waals surface area contributed by atoms with E-state index in [2.05, 4.69) is 20.6 Å². The molecule has 14 heavy (non-hydrogen) atoms. The summed E-state index contributed by atoms with van der Waals surface area (Å²) in [7, 11) is 0. The molecule has 0 aromatic carbocycles. The van der Waals surface area contributed by atoms with Gasteiger partial charge < -0.3 is 21.4 Å². The maximum absolute atomic E-state index is 11.1. The summed E-state index contributed by atoms with van der Waals surface area (Å²) in [6.45, 7) is 4.44. The van der Waals surface area contributed by atoms with Gasteiger partial charge >= 0.3 is 0 Å². The molecule has 6 heteroatoms. The first-order chi connectivity index (χ1) is 6.75. The van der Waals surface area contributed by atoms with E-state index >= 15 is 0 Å². The lowest BCUT2D eigenvalue weighted by Crippen LogP contribution is -2.23. The van der Waals surface area contributed by atoms with Gasteiger partial charge in [0.15, 0.2) is 5.82 Å². The number of anilines is 2. The molecule has 1 heterocycles. The van der Waals surface area contributed by atoms with Gasteiger partial charge in [0, 0.05) is 13.1 Å². The molecule has 1 rings (SSSR count). The highest BCUT2D eigenvalue weighted by molar-refractivity contribution is 5.58. The van der Waals surface area contributed by atoms with Crippen molar-refractivity contribution >= 4 is 11.5 Å². The minimum Gasteiger partial charge on any atom is -0.391 e. The summed E-state index contributed by atoms with van der Waals surface area (Å²) < 4.78 is 0. The fraction of sp³-hybridized carbons (Fsp3) is 0.500. The van der Waals surface area contributed by atoms with Crippen molar-refractivity contribution in [1.82, 2.24) is 15.3 Å². The number of hydrogen-bond acceptors (Lipinski definition) is 5. The number of hydrogen-bond donors (Lipinski definition) is 4. The predicted molar refractivity (Wildman–Crippen MR) is 56.3 cm³/mol. The van der Waals surface area contributed by atoms with Crippen molar-refractivity contribution in [3.8, 4) is 0 Å². The predicted octanol–water partition coefficient (Wildman–Crippen LogP) is -0.626. The van der Waals surface area contributed by atoms with Crippen molar-refractivity contribution in [2.24, 2.45) is 0 Å². The Morgan fingerprint density at radius 3 is 3.07 bits per heavy atom. The number of nitrogens with one attached hydrogen (secondary N) is 3. The number of nitrogens with zero attached hydrogens (tertiary/aromatic N) is 1. The Kier molecular flexibility index (Phi) is 3.93. The Hall–Kier alpha value is -1.56. The Balaban J connectivity index is 2.51. The molecule has 1 aromatic rings. The monoisotopic (exact) mass is 197 g/mol. The van der Waals surface area contributed by atoms with Crippen molar-refractivity contribution in [1.29, 1.82) is 0 Å². The smallest absolute Gasteiger partial charge is 0.276 e. The summed E-state index contributed by atoms with van der Waals surface area (Å²) in [5, 5.41) is 6.11. The van der Waals surface area contributed by atoms with Gasteiger partial charge in [-0.25, -0.2) is 4.98 Å². The van der Waals surface area contributed by atoms with E-state index in [-0.39, 0.29) is 11.2 Å². The molecule has 0 amide bonds. The van der Waals surface area contributed by atoms with Crippen LogP contribution in [0, 0.1) is 0 Å². The van der Waals surface area contributed by atoms with Crippen LogP contribution in [0.2, 0.25) is 0 Å². The van der Waals surface area contributed by atoms with Crippen molar-refractivity contribution in [3.63, 3.8) is 0 Å². The molecule has 0 aliphatic rings. The van der Waals surface area contributed by atoms with Crippen molar-refractivity contribution in [2.75, 3.05) is 30.7 Å². The molecule has 0 atom stereocenters. The molecule has 1 aromatic heterocycles. The normalized spacial score (nSPS) is 10.1. The van der Waals surface area contributed by atoms with E-state index < -0.39 is 0 Å². The van der Waals surface area contributed by atoms with Gasteiger partial charge in [0.25, 0.3) is 5.56 Å². The van der Waals surface area contributed by atoms with Crippen LogP contribution in [0.5, 0.6) is 0 Å². The average molecular weight is 197 g/mol. The highest BCUT2D eigenvalue weighted by Crippen LogP contribution is 2.05. The Labute approximate surface area is 81.9 Å². The van der Waals surface area contributed by atoms with E-state index in [0.717, 1.165) is 13.1 Å². The van der Waals surface area contributed by atoms with Gasteiger partial charge in [-0.3, -0.25) is 4.79 Å². The van der Waals surface area contributed by atoms with Crippen LogP contribution >= 0.6 is 0 Å². The first kappa shape index (κ1) is 10.5. The van der Waals surface area contributed by atoms with Gasteiger partial charge in [-0.1, -0.05) is 6.92 Å². The first-order valence-electron chi connectivity index (χ1n) is 4.53. The third-order valence-electron chi connectivity index (χ3n) is 1.73. The van der Waals surface area contributed by atoms with Crippen LogP contribution in [-0.2, 0) is 0 Å². The molecule has 0 saturated carbocycles. The number of H-pyrrole nitrogens is 1. The van der Waals surface area contributed by atoms with Gasteiger partial charge in [-0.2, -0.15) is 0 Å². The number of rotatable bonds is 5. The zero-order valence-electron chi connectivity index (χ0n) is 8.13. The molecular formula is C8H15N5O. The maximum atomic E-state index is 11.1. The minimum absolute atomic E-state index is 0.129. The van der Waals surface area contributed by atoms with Crippen LogP contribution in [0.4, 0.5) is 11.5 Å². The van der Waals surface area contributed by atoms with Crippen LogP contribution in [0.3, 0.4) is 0 Å². The first-order valence-corrected chi connectivity index (χ1v) is 4.53. The third-order valence-corrected chi connectivity index (χ3v) is 1.73. The fourth-order valence-electron chi connectivity index (χ4n) is 0.997. The largest absolute Gasteiger partial charge is 0.391 e. The van der Waals surface area contributed by atoms with Crippen LogP contribution in [0.25, 0.3) is 0 Å². The summed E-state index contributed by atoms with van der Waals surface area (Å²) in [4.78, 5) is 17.4. The lowest BCUT2D eigenvalue weighted by atomic mass is 10.4. The maximum Gasteiger partial charge on any atom is 0.276 e. The second-order valence-electron chi connectivity index (χ2n) is 2.77. The highest BCUT2D eigenvalue weighted by atomic mass is 16.1. The van der Waals surface area contributed by atoms with Crippen molar-refractivity contribution < 1.29 is 0 Å². The zero-order chi connectivity index (χ0) is 10.4. The number of nitrogen functional groups attached to an aromatic ring is 1. The van der Waals surface area contributed by atoms with Crippen molar-refractivity contribution in [2.45, 2.75) is 6.92 Å². The second kappa shape index (κ2) is 5.23. The number of aromatic nitrogens is 2. The number of likely N-dealkylation sites (N-methyl/N-ethyl adjacent to an activating group) is 1. The Bertz CT molecular complexity index is 335. The van der Waals surface area contributed by atoms with E-state index in [1.54, 1.807) is 0 Å². The number of nitrogens with two attached hydrogens (primary N) is 1. The van der Waals surface area contributed by atoms with E-state index in [9.17, 15) is 4.79 Å². The van der Waals surface area contributed by atoms with Crippen LogP contribution < -0.4 is 21.9 Å². The van der Waals surface area contributed by atoms with E-state index in [1.807, 2.05) is 6.92 Å². The minimum atomic E-state index is -0.314. The van der Waals surface area contributed by atoms with Gasteiger partial charge in [0.1, 0.15) is 5.69 Å². The lowest BCUT2D eigenvalue weighted by Gasteiger charge is -2.06. The molecule has 0 radical (unpaired) electrons. The SMILES string of the molecule is CCNCCNc1nc[nH]c(=O)c1N. The molecule has 6 nitrogen and oxygen atoms in total. The van der Waals surface area contributed by atoms with Crippen LogP contribution in [0.1, 0.15) is 6.92 Å². The third kappa shape index (κ3) is 2.74. The standard InChI is InChI=1S/C8H15N5O/c1-2-10-3-4-11-7-6(9)8(14)13-5-12-7/h5,10H,2-4,9H2,1H3,(H2,11,12,13,14). The molecular weight excluding hydrogens is 182 g/mol. The van der Waals surface area contributed by atoms with Gasteiger partial charge in [0.05, 0.1) is 6.33 Å². The summed E-state index contributed by atoms with van der Waals surface area (Å²) in [6.07, 6.45) is 1.33. The molecule has 0 fully saturated rings.